The summed E-state index contributed by atoms with van der Waals surface area (Å²) in [5.74, 6) is 0.743. The van der Waals surface area contributed by atoms with Gasteiger partial charge in [0, 0.05) is 21.7 Å². The molecule has 2 aromatic carbocycles. The Hall–Kier alpha value is -1.03. The highest BCUT2D eigenvalue weighted by Crippen LogP contribution is 2.21. The van der Waals surface area contributed by atoms with Gasteiger partial charge in [-0.25, -0.2) is 4.39 Å². The van der Waals surface area contributed by atoms with Gasteiger partial charge in [0.1, 0.15) is 5.82 Å². The second-order valence-electron chi connectivity index (χ2n) is 4.85. The molecular weight excluding hydrogens is 305 g/mol. The summed E-state index contributed by atoms with van der Waals surface area (Å²) in [6.07, 6.45) is 0.933. The van der Waals surface area contributed by atoms with Crippen molar-refractivity contribution in [2.45, 2.75) is 24.3 Å². The fourth-order valence-corrected chi connectivity index (χ4v) is 3.33. The molecule has 0 aliphatic carbocycles. The molecule has 4 heteroatoms. The average Bonchev–Trinajstić information content (AvgIpc) is 2.47. The molecule has 0 fully saturated rings. The molecule has 0 spiro atoms. The number of hydrogen-bond donors (Lipinski definition) is 1. The third kappa shape index (κ3) is 5.70. The highest BCUT2D eigenvalue weighted by atomic mass is 35.5. The zero-order valence-electron chi connectivity index (χ0n) is 12.0. The number of likely N-dealkylation sites (N-methyl/N-ethyl adjacent to an activating group) is 1. The topological polar surface area (TPSA) is 12.0 Å². The second-order valence-corrected chi connectivity index (χ2v) is 6.38. The first-order valence-corrected chi connectivity index (χ1v) is 8.40. The lowest BCUT2D eigenvalue weighted by molar-refractivity contribution is 0.572. The number of halogens is 2. The minimum absolute atomic E-state index is 0.193. The highest BCUT2D eigenvalue weighted by molar-refractivity contribution is 7.99. The van der Waals surface area contributed by atoms with Crippen LogP contribution in [0.2, 0.25) is 5.02 Å². The minimum Gasteiger partial charge on any atom is -0.313 e. The molecule has 1 N–H and O–H groups in total. The van der Waals surface area contributed by atoms with Crippen molar-refractivity contribution in [3.05, 3.63) is 64.9 Å². The molecule has 0 bridgehead atoms. The number of hydrogen-bond acceptors (Lipinski definition) is 2. The molecule has 0 radical (unpaired) electrons. The van der Waals surface area contributed by atoms with Gasteiger partial charge in [-0.1, -0.05) is 30.7 Å². The first-order chi connectivity index (χ1) is 10.2. The highest BCUT2D eigenvalue weighted by Gasteiger charge is 2.09. The Balaban J connectivity index is 1.93. The minimum atomic E-state index is -0.193. The molecule has 21 heavy (non-hydrogen) atoms. The summed E-state index contributed by atoms with van der Waals surface area (Å²) < 4.78 is 12.9. The molecule has 2 aromatic rings. The van der Waals surface area contributed by atoms with Crippen LogP contribution in [-0.4, -0.2) is 18.3 Å². The van der Waals surface area contributed by atoms with Crippen molar-refractivity contribution in [1.29, 1.82) is 0 Å². The van der Waals surface area contributed by atoms with Gasteiger partial charge in [-0.05, 0) is 54.9 Å². The van der Waals surface area contributed by atoms with Gasteiger partial charge in [-0.2, -0.15) is 0 Å². The summed E-state index contributed by atoms with van der Waals surface area (Å²) in [5.41, 5.74) is 1.23. The molecule has 1 unspecified atom stereocenters. The molecule has 0 saturated carbocycles. The summed E-state index contributed by atoms with van der Waals surface area (Å²) in [6.45, 7) is 3.03. The molecule has 112 valence electrons. The van der Waals surface area contributed by atoms with E-state index in [1.165, 1.54) is 17.7 Å². The lowest BCUT2D eigenvalue weighted by atomic mass is 10.1. The molecular formula is C17H19ClFNS. The van der Waals surface area contributed by atoms with Gasteiger partial charge in [0.25, 0.3) is 0 Å². The average molecular weight is 324 g/mol. The van der Waals surface area contributed by atoms with Crippen LogP contribution in [0.3, 0.4) is 0 Å². The van der Waals surface area contributed by atoms with Crippen molar-refractivity contribution in [2.24, 2.45) is 0 Å². The third-order valence-corrected chi connectivity index (χ3v) is 4.54. The quantitative estimate of drug-likeness (QED) is 0.735. The monoisotopic (exact) mass is 323 g/mol. The van der Waals surface area contributed by atoms with Crippen molar-refractivity contribution in [1.82, 2.24) is 5.32 Å². The summed E-state index contributed by atoms with van der Waals surface area (Å²) in [6, 6.07) is 15.0. The largest absolute Gasteiger partial charge is 0.313 e. The molecule has 1 nitrogen and oxygen atoms in total. The number of rotatable bonds is 7. The van der Waals surface area contributed by atoms with Crippen molar-refractivity contribution in [3.63, 3.8) is 0 Å². The molecule has 2 rings (SSSR count). The Bertz CT molecular complexity index is 559. The van der Waals surface area contributed by atoms with E-state index in [0.29, 0.717) is 6.04 Å². The maximum absolute atomic E-state index is 12.9. The Labute approximate surface area is 134 Å². The number of benzene rings is 2. The first-order valence-electron chi connectivity index (χ1n) is 7.03. The van der Waals surface area contributed by atoms with Crippen molar-refractivity contribution >= 4 is 23.4 Å². The predicted molar refractivity (Wildman–Crippen MR) is 89.7 cm³/mol. The van der Waals surface area contributed by atoms with Crippen LogP contribution in [0.15, 0.2) is 53.4 Å². The normalized spacial score (nSPS) is 12.3. The fourth-order valence-electron chi connectivity index (χ4n) is 2.15. The molecule has 0 heterocycles. The summed E-state index contributed by atoms with van der Waals surface area (Å²) in [7, 11) is 0. The van der Waals surface area contributed by atoms with Crippen LogP contribution in [0.1, 0.15) is 12.5 Å². The van der Waals surface area contributed by atoms with Crippen LogP contribution in [0, 0.1) is 5.82 Å². The Morgan fingerprint density at radius 2 is 1.95 bits per heavy atom. The van der Waals surface area contributed by atoms with E-state index < -0.39 is 0 Å². The second kappa shape index (κ2) is 8.42. The van der Waals surface area contributed by atoms with E-state index in [4.69, 9.17) is 11.6 Å². The molecule has 0 aliphatic heterocycles. The van der Waals surface area contributed by atoms with Crippen molar-refractivity contribution < 1.29 is 4.39 Å². The maximum Gasteiger partial charge on any atom is 0.123 e. The maximum atomic E-state index is 12.9. The van der Waals surface area contributed by atoms with Gasteiger partial charge in [-0.3, -0.25) is 0 Å². The molecule has 0 aromatic heterocycles. The van der Waals surface area contributed by atoms with Crippen molar-refractivity contribution in [2.75, 3.05) is 12.3 Å². The molecule has 0 amide bonds. The Kier molecular flexibility index (Phi) is 6.55. The van der Waals surface area contributed by atoms with E-state index >= 15 is 0 Å². The summed E-state index contributed by atoms with van der Waals surface area (Å²) in [5, 5.41) is 4.27. The van der Waals surface area contributed by atoms with Gasteiger partial charge in [0.2, 0.25) is 0 Å². The lowest BCUT2D eigenvalue weighted by Gasteiger charge is -2.18. The van der Waals surface area contributed by atoms with Gasteiger partial charge in [-0.15, -0.1) is 11.8 Å². The number of thioether (sulfide) groups is 1. The van der Waals surface area contributed by atoms with E-state index in [9.17, 15) is 4.39 Å². The van der Waals surface area contributed by atoms with E-state index in [1.807, 2.05) is 30.3 Å². The van der Waals surface area contributed by atoms with Crippen LogP contribution in [-0.2, 0) is 6.42 Å². The van der Waals surface area contributed by atoms with E-state index in [2.05, 4.69) is 18.3 Å². The van der Waals surface area contributed by atoms with Crippen LogP contribution in [0.25, 0.3) is 0 Å². The van der Waals surface area contributed by atoms with Crippen LogP contribution >= 0.6 is 23.4 Å². The van der Waals surface area contributed by atoms with E-state index in [0.717, 1.165) is 28.6 Å². The first kappa shape index (κ1) is 16.3. The van der Waals surface area contributed by atoms with E-state index in [1.54, 1.807) is 11.8 Å². The van der Waals surface area contributed by atoms with Gasteiger partial charge < -0.3 is 5.32 Å². The standard InChI is InChI=1S/C17H19ClFNS/c1-2-20-16(11-13-4-3-5-14(18)10-13)12-21-17-8-6-15(19)7-9-17/h3-10,16,20H,2,11-12H2,1H3. The molecule has 0 saturated heterocycles. The predicted octanol–water partition coefficient (Wildman–Crippen LogP) is 4.79. The van der Waals surface area contributed by atoms with E-state index in [-0.39, 0.29) is 5.82 Å². The van der Waals surface area contributed by atoms with Gasteiger partial charge >= 0.3 is 0 Å². The van der Waals surface area contributed by atoms with Gasteiger partial charge in [0.15, 0.2) is 0 Å². The van der Waals surface area contributed by atoms with Crippen LogP contribution < -0.4 is 5.32 Å². The Morgan fingerprint density at radius 1 is 1.19 bits per heavy atom. The van der Waals surface area contributed by atoms with Crippen LogP contribution in [0.4, 0.5) is 4.39 Å². The Morgan fingerprint density at radius 3 is 2.62 bits per heavy atom. The SMILES string of the molecule is CCNC(CSc1ccc(F)cc1)Cc1cccc(Cl)c1. The zero-order chi connectivity index (χ0) is 15.1. The summed E-state index contributed by atoms with van der Waals surface area (Å²) >= 11 is 7.77. The van der Waals surface area contributed by atoms with Crippen LogP contribution in [0.5, 0.6) is 0 Å². The molecule has 1 atom stereocenters. The van der Waals surface area contributed by atoms with Gasteiger partial charge in [0.05, 0.1) is 0 Å². The smallest absolute Gasteiger partial charge is 0.123 e. The van der Waals surface area contributed by atoms with Crippen molar-refractivity contribution in [3.8, 4) is 0 Å². The zero-order valence-corrected chi connectivity index (χ0v) is 13.6. The third-order valence-electron chi connectivity index (χ3n) is 3.13. The fraction of sp³-hybridized carbons (Fsp3) is 0.294. The lowest BCUT2D eigenvalue weighted by Crippen LogP contribution is -2.33. The summed E-state index contributed by atoms with van der Waals surface area (Å²) in [4.78, 5) is 1.09. The molecule has 0 aliphatic rings. The number of nitrogens with one attached hydrogen (secondary N) is 1.